The van der Waals surface area contributed by atoms with E-state index in [1.165, 1.54) is 6.33 Å². The molecule has 0 aromatic carbocycles. The van der Waals surface area contributed by atoms with Crippen molar-refractivity contribution in [2.45, 2.75) is 52.1 Å². The lowest BCUT2D eigenvalue weighted by Crippen LogP contribution is -2.35. The first kappa shape index (κ1) is 17.4. The number of aryl methyl sites for hydroxylation is 2. The van der Waals surface area contributed by atoms with Crippen LogP contribution in [0.2, 0.25) is 0 Å². The van der Waals surface area contributed by atoms with Crippen molar-refractivity contribution >= 4 is 22.9 Å². The van der Waals surface area contributed by atoms with Gasteiger partial charge in [-0.25, -0.2) is 15.0 Å². The Morgan fingerprint density at radius 2 is 2.04 bits per heavy atom. The van der Waals surface area contributed by atoms with Crippen molar-refractivity contribution < 1.29 is 9.32 Å². The summed E-state index contributed by atoms with van der Waals surface area (Å²) in [5.74, 6) is 1.67. The molecule has 142 valence electrons. The second-order valence-corrected chi connectivity index (χ2v) is 7.04. The van der Waals surface area contributed by atoms with Gasteiger partial charge in [-0.2, -0.15) is 0 Å². The first-order valence-electron chi connectivity index (χ1n) is 9.22. The van der Waals surface area contributed by atoms with E-state index in [9.17, 15) is 4.79 Å². The van der Waals surface area contributed by atoms with E-state index in [0.29, 0.717) is 12.2 Å². The molecule has 1 amide bonds. The smallest absolute Gasteiger partial charge is 0.223 e. The van der Waals surface area contributed by atoms with E-state index in [-0.39, 0.29) is 17.9 Å². The van der Waals surface area contributed by atoms with Gasteiger partial charge in [-0.05, 0) is 39.5 Å². The Morgan fingerprint density at radius 3 is 2.78 bits per heavy atom. The van der Waals surface area contributed by atoms with Gasteiger partial charge < -0.3 is 20.1 Å². The molecule has 0 unspecified atom stereocenters. The van der Waals surface area contributed by atoms with Crippen LogP contribution in [0.15, 0.2) is 17.2 Å². The number of carbonyl (C=O) groups excluding carboxylic acids is 1. The molecule has 0 saturated heterocycles. The number of hydrogen-bond donors (Lipinski definition) is 3. The minimum absolute atomic E-state index is 0.0427. The molecule has 9 heteroatoms. The Morgan fingerprint density at radius 1 is 1.22 bits per heavy atom. The molecular formula is C18H23N7O2. The maximum Gasteiger partial charge on any atom is 0.223 e. The number of anilines is 1. The molecular weight excluding hydrogens is 346 g/mol. The summed E-state index contributed by atoms with van der Waals surface area (Å²) in [5, 5.41) is 10.4. The predicted octanol–water partition coefficient (Wildman–Crippen LogP) is 2.24. The van der Waals surface area contributed by atoms with Gasteiger partial charge in [0.25, 0.3) is 0 Å². The van der Waals surface area contributed by atoms with Gasteiger partial charge in [0.15, 0.2) is 11.5 Å². The van der Waals surface area contributed by atoms with E-state index in [4.69, 9.17) is 4.52 Å². The molecule has 0 aliphatic heterocycles. The zero-order valence-corrected chi connectivity index (χ0v) is 15.5. The number of hydrogen-bond acceptors (Lipinski definition) is 7. The first-order chi connectivity index (χ1) is 13.1. The summed E-state index contributed by atoms with van der Waals surface area (Å²) in [7, 11) is 0. The number of H-pyrrole nitrogens is 1. The van der Waals surface area contributed by atoms with Gasteiger partial charge in [0.05, 0.1) is 12.0 Å². The number of fused-ring (bicyclic) bond motifs is 1. The van der Waals surface area contributed by atoms with E-state index < -0.39 is 0 Å². The van der Waals surface area contributed by atoms with Gasteiger partial charge >= 0.3 is 0 Å². The van der Waals surface area contributed by atoms with Gasteiger partial charge in [-0.3, -0.25) is 4.79 Å². The average Bonchev–Trinajstić information content (AvgIpc) is 3.28. The zero-order chi connectivity index (χ0) is 18.8. The predicted molar refractivity (Wildman–Crippen MR) is 98.9 cm³/mol. The van der Waals surface area contributed by atoms with Crippen LogP contribution in [0.3, 0.4) is 0 Å². The second kappa shape index (κ2) is 7.34. The lowest BCUT2D eigenvalue weighted by atomic mass is 9.85. The number of aromatic amines is 1. The average molecular weight is 369 g/mol. The van der Waals surface area contributed by atoms with E-state index in [1.54, 1.807) is 6.33 Å². The molecule has 1 fully saturated rings. The number of carbonyl (C=O) groups is 1. The van der Waals surface area contributed by atoms with Crippen LogP contribution in [0, 0.1) is 19.8 Å². The van der Waals surface area contributed by atoms with Crippen LogP contribution in [0.5, 0.6) is 0 Å². The Bertz CT molecular complexity index is 921. The minimum Gasteiger partial charge on any atom is -0.365 e. The van der Waals surface area contributed by atoms with Crippen LogP contribution >= 0.6 is 0 Å². The topological polar surface area (TPSA) is 122 Å². The number of nitrogens with zero attached hydrogens (tertiary/aromatic N) is 4. The summed E-state index contributed by atoms with van der Waals surface area (Å²) < 4.78 is 5.14. The summed E-state index contributed by atoms with van der Waals surface area (Å²) in [6.07, 6.45) is 6.67. The number of rotatable bonds is 5. The molecule has 0 bridgehead atoms. The first-order valence-corrected chi connectivity index (χ1v) is 9.22. The highest BCUT2D eigenvalue weighted by molar-refractivity contribution is 5.82. The molecule has 3 aromatic rings. The van der Waals surface area contributed by atoms with Gasteiger partial charge in [0.2, 0.25) is 5.91 Å². The summed E-state index contributed by atoms with van der Waals surface area (Å²) in [6, 6.07) is 0.290. The summed E-state index contributed by atoms with van der Waals surface area (Å²) in [4.78, 5) is 28.2. The van der Waals surface area contributed by atoms with E-state index in [1.807, 2.05) is 13.8 Å². The maximum absolute atomic E-state index is 12.5. The summed E-state index contributed by atoms with van der Waals surface area (Å²) >= 11 is 0. The molecule has 3 aromatic heterocycles. The van der Waals surface area contributed by atoms with E-state index in [0.717, 1.165) is 54.0 Å². The van der Waals surface area contributed by atoms with Crippen molar-refractivity contribution in [3.8, 4) is 0 Å². The maximum atomic E-state index is 12.5. The fraction of sp³-hybridized carbons (Fsp3) is 0.500. The summed E-state index contributed by atoms with van der Waals surface area (Å²) in [6.45, 7) is 4.22. The number of amides is 1. The molecule has 9 nitrogen and oxygen atoms in total. The third-order valence-corrected chi connectivity index (χ3v) is 5.28. The van der Waals surface area contributed by atoms with Crippen molar-refractivity contribution in [1.82, 2.24) is 30.4 Å². The van der Waals surface area contributed by atoms with E-state index >= 15 is 0 Å². The van der Waals surface area contributed by atoms with Crippen LogP contribution in [0.4, 0.5) is 5.82 Å². The highest BCUT2D eigenvalue weighted by atomic mass is 16.5. The summed E-state index contributed by atoms with van der Waals surface area (Å²) in [5.41, 5.74) is 3.26. The van der Waals surface area contributed by atoms with Crippen LogP contribution in [0.1, 0.15) is 42.7 Å². The monoisotopic (exact) mass is 369 g/mol. The molecule has 0 spiro atoms. The standard InChI is InChI=1S/C18H23N7O2/c1-10-14(11(2)27-25-10)7-19-18(26)12-3-5-13(6-4-12)24-17-15-16(21-8-20-15)22-9-23-17/h8-9,12-13H,3-7H2,1-2H3,(H,19,26)(H2,20,21,22,23,24). The largest absolute Gasteiger partial charge is 0.365 e. The van der Waals surface area contributed by atoms with Gasteiger partial charge in [-0.1, -0.05) is 5.16 Å². The van der Waals surface area contributed by atoms with Crippen LogP contribution in [-0.4, -0.2) is 37.0 Å². The SMILES string of the molecule is Cc1noc(C)c1CNC(=O)C1CCC(Nc2ncnc3nc[nH]c23)CC1. The quantitative estimate of drug-likeness (QED) is 0.630. The molecule has 1 aliphatic rings. The van der Waals surface area contributed by atoms with Crippen LogP contribution in [-0.2, 0) is 11.3 Å². The zero-order valence-electron chi connectivity index (χ0n) is 15.5. The molecule has 0 radical (unpaired) electrons. The lowest BCUT2D eigenvalue weighted by molar-refractivity contribution is -0.126. The van der Waals surface area contributed by atoms with Crippen molar-refractivity contribution in [2.75, 3.05) is 5.32 Å². The molecule has 3 heterocycles. The number of imidazole rings is 1. The molecule has 1 aliphatic carbocycles. The minimum atomic E-state index is 0.0427. The van der Waals surface area contributed by atoms with Gasteiger partial charge in [-0.15, -0.1) is 0 Å². The van der Waals surface area contributed by atoms with Crippen molar-refractivity contribution in [3.63, 3.8) is 0 Å². The third kappa shape index (κ3) is 3.62. The fourth-order valence-corrected chi connectivity index (χ4v) is 3.64. The Balaban J connectivity index is 1.29. The highest BCUT2D eigenvalue weighted by Crippen LogP contribution is 2.28. The molecule has 4 rings (SSSR count). The Labute approximate surface area is 156 Å². The van der Waals surface area contributed by atoms with Crippen LogP contribution < -0.4 is 10.6 Å². The highest BCUT2D eigenvalue weighted by Gasteiger charge is 2.27. The molecule has 1 saturated carbocycles. The Hall–Kier alpha value is -2.97. The van der Waals surface area contributed by atoms with Crippen molar-refractivity contribution in [2.24, 2.45) is 5.92 Å². The molecule has 0 atom stereocenters. The van der Waals surface area contributed by atoms with Gasteiger partial charge in [0, 0.05) is 24.1 Å². The normalized spacial score (nSPS) is 19.9. The third-order valence-electron chi connectivity index (χ3n) is 5.28. The van der Waals surface area contributed by atoms with Crippen LogP contribution in [0.25, 0.3) is 11.2 Å². The number of nitrogens with one attached hydrogen (secondary N) is 3. The van der Waals surface area contributed by atoms with Gasteiger partial charge in [0.1, 0.15) is 17.6 Å². The molecule has 3 N–H and O–H groups in total. The van der Waals surface area contributed by atoms with Crippen molar-refractivity contribution in [3.05, 3.63) is 29.7 Å². The Kier molecular flexibility index (Phi) is 4.74. The second-order valence-electron chi connectivity index (χ2n) is 7.04. The fourth-order valence-electron chi connectivity index (χ4n) is 3.64. The van der Waals surface area contributed by atoms with Crippen molar-refractivity contribution in [1.29, 1.82) is 0 Å². The van der Waals surface area contributed by atoms with E-state index in [2.05, 4.69) is 35.7 Å². The lowest BCUT2D eigenvalue weighted by Gasteiger charge is -2.28. The molecule has 27 heavy (non-hydrogen) atoms. The number of aromatic nitrogens is 5.